The molecule has 24 heavy (non-hydrogen) atoms. The van der Waals surface area contributed by atoms with E-state index in [4.69, 9.17) is 10.7 Å². The second-order valence-corrected chi connectivity index (χ2v) is 8.71. The van der Waals surface area contributed by atoms with Crippen LogP contribution in [0.4, 0.5) is 11.8 Å². The van der Waals surface area contributed by atoms with Gasteiger partial charge in [0, 0.05) is 29.5 Å². The van der Waals surface area contributed by atoms with Gasteiger partial charge in [-0.2, -0.15) is 16.7 Å². The molecule has 0 aliphatic carbocycles. The lowest BCUT2D eigenvalue weighted by Crippen LogP contribution is -2.33. The zero-order valence-corrected chi connectivity index (χ0v) is 16.4. The monoisotopic (exact) mass is 364 g/mol. The van der Waals surface area contributed by atoms with Crippen LogP contribution in [-0.4, -0.2) is 34.6 Å². The van der Waals surface area contributed by atoms with Crippen LogP contribution in [0.5, 0.6) is 0 Å². The number of aryl methyl sites for hydroxylation is 2. The van der Waals surface area contributed by atoms with E-state index < -0.39 is 0 Å². The highest BCUT2D eigenvalue weighted by Crippen LogP contribution is 2.36. The number of fused-ring (bicyclic) bond motifs is 1. The number of nitrogen functional groups attached to an aromatic ring is 1. The van der Waals surface area contributed by atoms with E-state index in [2.05, 4.69) is 23.7 Å². The summed E-state index contributed by atoms with van der Waals surface area (Å²) in [5, 5.41) is 1.13. The highest BCUT2D eigenvalue weighted by atomic mass is 32.2. The molecular weight excluding hydrogens is 336 g/mol. The lowest BCUT2D eigenvalue weighted by atomic mass is 10.0. The zero-order valence-electron chi connectivity index (χ0n) is 14.8. The molecule has 1 fully saturated rings. The smallest absolute Gasteiger partial charge is 0.228 e. The highest BCUT2D eigenvalue weighted by Gasteiger charge is 2.20. The first-order chi connectivity index (χ1) is 11.7. The highest BCUT2D eigenvalue weighted by molar-refractivity contribution is 7.99. The van der Waals surface area contributed by atoms with Crippen LogP contribution < -0.4 is 10.6 Å². The number of unbranched alkanes of at least 4 members (excludes halogenated alkanes) is 2. The minimum Gasteiger partial charge on any atom is -0.383 e. The zero-order chi connectivity index (χ0) is 16.9. The predicted octanol–water partition coefficient (Wildman–Crippen LogP) is 4.51. The number of hydrogen-bond acceptors (Lipinski definition) is 6. The third-order valence-corrected chi connectivity index (χ3v) is 6.71. The molecule has 0 bridgehead atoms. The Morgan fingerprint density at radius 2 is 1.75 bits per heavy atom. The van der Waals surface area contributed by atoms with Gasteiger partial charge in [-0.25, -0.2) is 4.98 Å². The number of nitrogens with two attached hydrogens (primary N) is 1. The summed E-state index contributed by atoms with van der Waals surface area (Å²) < 4.78 is 0. The van der Waals surface area contributed by atoms with Crippen LogP contribution in [0.1, 0.15) is 50.0 Å². The van der Waals surface area contributed by atoms with Crippen LogP contribution in [0.15, 0.2) is 0 Å². The first kappa shape index (κ1) is 17.8. The number of thiophene rings is 1. The molecule has 3 heterocycles. The van der Waals surface area contributed by atoms with Crippen molar-refractivity contribution in [2.45, 2.75) is 52.4 Å². The van der Waals surface area contributed by atoms with Gasteiger partial charge in [0.05, 0.1) is 5.39 Å². The molecule has 6 heteroatoms. The molecular formula is C18H28N4S2. The maximum atomic E-state index is 6.40. The fourth-order valence-electron chi connectivity index (χ4n) is 3.18. The Bertz CT molecular complexity index is 677. The Morgan fingerprint density at radius 3 is 2.46 bits per heavy atom. The molecule has 0 spiro atoms. The maximum Gasteiger partial charge on any atom is 0.228 e. The molecule has 2 aromatic rings. The van der Waals surface area contributed by atoms with Crippen molar-refractivity contribution in [1.82, 2.24) is 9.97 Å². The Labute approximate surface area is 153 Å². The minimum atomic E-state index is 0.679. The van der Waals surface area contributed by atoms with Crippen molar-refractivity contribution in [2.75, 3.05) is 35.2 Å². The van der Waals surface area contributed by atoms with Crippen LogP contribution in [-0.2, 0) is 12.8 Å². The fourth-order valence-corrected chi connectivity index (χ4v) is 5.35. The lowest BCUT2D eigenvalue weighted by Gasteiger charge is -2.26. The molecule has 0 amide bonds. The Morgan fingerprint density at radius 1 is 1.04 bits per heavy atom. The van der Waals surface area contributed by atoms with Gasteiger partial charge < -0.3 is 10.6 Å². The van der Waals surface area contributed by atoms with Crippen molar-refractivity contribution in [2.24, 2.45) is 0 Å². The van der Waals surface area contributed by atoms with E-state index >= 15 is 0 Å². The van der Waals surface area contributed by atoms with Crippen LogP contribution in [0.3, 0.4) is 0 Å². The van der Waals surface area contributed by atoms with E-state index in [9.17, 15) is 0 Å². The molecule has 0 saturated carbocycles. The van der Waals surface area contributed by atoms with E-state index in [1.165, 1.54) is 36.1 Å². The Hall–Kier alpha value is -1.01. The average Bonchev–Trinajstić information content (AvgIpc) is 2.96. The second-order valence-electron chi connectivity index (χ2n) is 6.40. The van der Waals surface area contributed by atoms with Gasteiger partial charge in [-0.15, -0.1) is 11.3 Å². The summed E-state index contributed by atoms with van der Waals surface area (Å²) in [4.78, 5) is 14.4. The largest absolute Gasteiger partial charge is 0.383 e. The van der Waals surface area contributed by atoms with Crippen LogP contribution in [0.2, 0.25) is 0 Å². The minimum absolute atomic E-state index is 0.679. The number of nitrogens with zero attached hydrogens (tertiary/aromatic N) is 3. The molecule has 4 nitrogen and oxygen atoms in total. The average molecular weight is 365 g/mol. The van der Waals surface area contributed by atoms with Gasteiger partial charge in [-0.1, -0.05) is 26.7 Å². The lowest BCUT2D eigenvalue weighted by molar-refractivity contribution is 0.770. The number of aromatic nitrogens is 2. The van der Waals surface area contributed by atoms with Crippen molar-refractivity contribution < 1.29 is 0 Å². The fraction of sp³-hybridized carbons (Fsp3) is 0.667. The van der Waals surface area contributed by atoms with Crippen molar-refractivity contribution in [3.63, 3.8) is 0 Å². The molecule has 3 rings (SSSR count). The summed E-state index contributed by atoms with van der Waals surface area (Å²) >= 11 is 3.84. The quantitative estimate of drug-likeness (QED) is 0.783. The van der Waals surface area contributed by atoms with E-state index in [-0.39, 0.29) is 0 Å². The van der Waals surface area contributed by atoms with Crippen molar-refractivity contribution >= 4 is 45.1 Å². The number of thioether (sulfide) groups is 1. The first-order valence-electron chi connectivity index (χ1n) is 9.15. The van der Waals surface area contributed by atoms with Gasteiger partial charge in [0.15, 0.2) is 0 Å². The molecule has 1 aliphatic rings. The van der Waals surface area contributed by atoms with Crippen molar-refractivity contribution in [3.8, 4) is 0 Å². The van der Waals surface area contributed by atoms with Gasteiger partial charge >= 0.3 is 0 Å². The van der Waals surface area contributed by atoms with Gasteiger partial charge in [0.25, 0.3) is 0 Å². The van der Waals surface area contributed by atoms with Gasteiger partial charge in [-0.3, -0.25) is 0 Å². The summed E-state index contributed by atoms with van der Waals surface area (Å²) in [6.45, 7) is 6.53. The predicted molar refractivity (Wildman–Crippen MR) is 109 cm³/mol. The van der Waals surface area contributed by atoms with E-state index in [0.717, 1.165) is 53.6 Å². The van der Waals surface area contributed by atoms with E-state index in [1.54, 1.807) is 0 Å². The molecule has 1 saturated heterocycles. The molecule has 0 aromatic carbocycles. The molecule has 0 radical (unpaired) electrons. The Balaban J connectivity index is 1.99. The SMILES string of the molecule is CCCCc1sc2nc(N3CCSCC3)nc(N)c2c1CCCC. The molecule has 0 unspecified atom stereocenters. The summed E-state index contributed by atoms with van der Waals surface area (Å²) in [5.41, 5.74) is 7.82. The number of hydrogen-bond donors (Lipinski definition) is 1. The van der Waals surface area contributed by atoms with Crippen LogP contribution in [0, 0.1) is 0 Å². The number of anilines is 2. The Kier molecular flexibility index (Phi) is 6.22. The summed E-state index contributed by atoms with van der Waals surface area (Å²) in [6.07, 6.45) is 7.10. The summed E-state index contributed by atoms with van der Waals surface area (Å²) in [5.74, 6) is 3.80. The van der Waals surface area contributed by atoms with E-state index in [0.29, 0.717) is 5.82 Å². The van der Waals surface area contributed by atoms with E-state index in [1.807, 2.05) is 23.1 Å². The van der Waals surface area contributed by atoms with Gasteiger partial charge in [0.1, 0.15) is 10.6 Å². The third-order valence-electron chi connectivity index (χ3n) is 4.58. The first-order valence-corrected chi connectivity index (χ1v) is 11.1. The second kappa shape index (κ2) is 8.39. The topological polar surface area (TPSA) is 55.0 Å². The van der Waals surface area contributed by atoms with Crippen LogP contribution in [0.25, 0.3) is 10.2 Å². The van der Waals surface area contributed by atoms with Crippen LogP contribution >= 0.6 is 23.1 Å². The van der Waals surface area contributed by atoms with Crippen molar-refractivity contribution in [3.05, 3.63) is 10.4 Å². The normalized spacial score (nSPS) is 15.3. The standard InChI is InChI=1S/C18H28N4S2/c1-3-5-7-13-14(8-6-4-2)24-17-15(13)16(19)20-18(21-17)22-9-11-23-12-10-22/h3-12H2,1-2H3,(H2,19,20,21). The molecule has 2 aromatic heterocycles. The molecule has 132 valence electrons. The molecule has 0 atom stereocenters. The maximum absolute atomic E-state index is 6.40. The summed E-state index contributed by atoms with van der Waals surface area (Å²) in [6, 6.07) is 0. The van der Waals surface area contributed by atoms with Gasteiger partial charge in [-0.05, 0) is 31.2 Å². The van der Waals surface area contributed by atoms with Crippen molar-refractivity contribution in [1.29, 1.82) is 0 Å². The van der Waals surface area contributed by atoms with Gasteiger partial charge in [0.2, 0.25) is 5.95 Å². The third kappa shape index (κ3) is 3.80. The number of rotatable bonds is 7. The molecule has 1 aliphatic heterocycles. The molecule has 2 N–H and O–H groups in total. The summed E-state index contributed by atoms with van der Waals surface area (Å²) in [7, 11) is 0.